The van der Waals surface area contributed by atoms with Crippen LogP contribution in [0.1, 0.15) is 40.2 Å². The van der Waals surface area contributed by atoms with Gasteiger partial charge in [-0.25, -0.2) is 9.50 Å². The van der Waals surface area contributed by atoms with Crippen molar-refractivity contribution in [3.63, 3.8) is 0 Å². The van der Waals surface area contributed by atoms with Crippen LogP contribution in [0, 0.1) is 6.92 Å². The second kappa shape index (κ2) is 8.89. The summed E-state index contributed by atoms with van der Waals surface area (Å²) in [5.74, 6) is -0.961. The van der Waals surface area contributed by atoms with Crippen molar-refractivity contribution in [2.24, 2.45) is 0 Å². The summed E-state index contributed by atoms with van der Waals surface area (Å²) in [6.07, 6.45) is -1.41. The lowest BCUT2D eigenvalue weighted by molar-refractivity contribution is -0.144. The van der Waals surface area contributed by atoms with Crippen molar-refractivity contribution in [1.82, 2.24) is 30.2 Å². The van der Waals surface area contributed by atoms with Crippen molar-refractivity contribution >= 4 is 17.5 Å². The third kappa shape index (κ3) is 5.75. The molecule has 0 atom stereocenters. The van der Waals surface area contributed by atoms with E-state index in [-0.39, 0.29) is 19.0 Å². The van der Waals surface area contributed by atoms with E-state index in [1.807, 2.05) is 0 Å². The number of halogens is 3. The zero-order valence-electron chi connectivity index (χ0n) is 16.0. The highest BCUT2D eigenvalue weighted by Gasteiger charge is 2.27. The molecule has 0 aliphatic rings. The molecule has 0 saturated carbocycles. The Kier molecular flexibility index (Phi) is 6.28. The van der Waals surface area contributed by atoms with Crippen molar-refractivity contribution in [2.45, 2.75) is 39.0 Å². The maximum Gasteiger partial charge on any atom is 0.389 e. The number of carbonyl (C=O) groups is 2. The molecule has 0 bridgehead atoms. The fourth-order valence-corrected chi connectivity index (χ4v) is 2.68. The number of aromatic nitrogens is 4. The van der Waals surface area contributed by atoms with Crippen LogP contribution in [0.3, 0.4) is 0 Å². The first-order chi connectivity index (χ1) is 14.2. The summed E-state index contributed by atoms with van der Waals surface area (Å²) in [5.41, 5.74) is 2.74. The zero-order valence-corrected chi connectivity index (χ0v) is 16.0. The average Bonchev–Trinajstić information content (AvgIpc) is 3.11. The van der Waals surface area contributed by atoms with E-state index in [9.17, 15) is 22.8 Å². The Morgan fingerprint density at radius 1 is 1.20 bits per heavy atom. The van der Waals surface area contributed by atoms with E-state index in [1.165, 1.54) is 10.7 Å². The number of imidazole rings is 1. The Labute approximate surface area is 169 Å². The summed E-state index contributed by atoms with van der Waals surface area (Å²) >= 11 is 0. The van der Waals surface area contributed by atoms with Gasteiger partial charge in [0.05, 0.1) is 36.6 Å². The van der Waals surface area contributed by atoms with Gasteiger partial charge in [0, 0.05) is 24.9 Å². The number of hydrogen-bond acceptors (Lipinski definition) is 5. The number of fused-ring (bicyclic) bond motifs is 1. The van der Waals surface area contributed by atoms with Crippen LogP contribution in [0.5, 0.6) is 0 Å². The van der Waals surface area contributed by atoms with Crippen LogP contribution in [0.15, 0.2) is 36.8 Å². The van der Waals surface area contributed by atoms with Gasteiger partial charge >= 0.3 is 6.18 Å². The number of carbonyl (C=O) groups excluding carboxylic acids is 2. The third-order valence-electron chi connectivity index (χ3n) is 4.23. The predicted octanol–water partition coefficient (Wildman–Crippen LogP) is 2.32. The summed E-state index contributed by atoms with van der Waals surface area (Å²) in [6, 6.07) is 5.02. The Hall–Kier alpha value is -3.50. The van der Waals surface area contributed by atoms with Gasteiger partial charge in [0.25, 0.3) is 5.91 Å². The molecule has 0 unspecified atom stereocenters. The third-order valence-corrected chi connectivity index (χ3v) is 4.23. The van der Waals surface area contributed by atoms with Gasteiger partial charge in [0.1, 0.15) is 0 Å². The smallest absolute Gasteiger partial charge is 0.352 e. The molecule has 30 heavy (non-hydrogen) atoms. The molecule has 3 heterocycles. The molecule has 0 radical (unpaired) electrons. The van der Waals surface area contributed by atoms with E-state index >= 15 is 0 Å². The number of pyridine rings is 1. The van der Waals surface area contributed by atoms with Crippen molar-refractivity contribution in [3.8, 4) is 0 Å². The van der Waals surface area contributed by atoms with Crippen molar-refractivity contribution in [2.75, 3.05) is 0 Å². The van der Waals surface area contributed by atoms with Gasteiger partial charge in [0.2, 0.25) is 5.91 Å². The van der Waals surface area contributed by atoms with Crippen LogP contribution in [-0.2, 0) is 17.9 Å². The van der Waals surface area contributed by atoms with Crippen LogP contribution in [-0.4, -0.2) is 37.6 Å². The SMILES string of the molecule is Cc1ncccc1C(=O)NCc1cn2ncc(CNC(=O)CCC(F)(F)F)cc2n1. The highest BCUT2D eigenvalue weighted by Crippen LogP contribution is 2.21. The van der Waals surface area contributed by atoms with Crippen LogP contribution >= 0.6 is 0 Å². The first-order valence-corrected chi connectivity index (χ1v) is 9.08. The Morgan fingerprint density at radius 2 is 2.00 bits per heavy atom. The molecule has 3 rings (SSSR count). The summed E-state index contributed by atoms with van der Waals surface area (Å²) < 4.78 is 38.0. The fourth-order valence-electron chi connectivity index (χ4n) is 2.68. The van der Waals surface area contributed by atoms with E-state index in [0.29, 0.717) is 28.2 Å². The van der Waals surface area contributed by atoms with Crippen LogP contribution in [0.4, 0.5) is 13.2 Å². The van der Waals surface area contributed by atoms with E-state index in [4.69, 9.17) is 0 Å². The molecule has 0 saturated heterocycles. The van der Waals surface area contributed by atoms with Crippen molar-refractivity contribution in [1.29, 1.82) is 0 Å². The Bertz CT molecular complexity index is 1060. The predicted molar refractivity (Wildman–Crippen MR) is 100 cm³/mol. The van der Waals surface area contributed by atoms with E-state index in [0.717, 1.165) is 0 Å². The summed E-state index contributed by atoms with van der Waals surface area (Å²) in [6.45, 7) is 1.96. The monoisotopic (exact) mass is 420 g/mol. The van der Waals surface area contributed by atoms with E-state index < -0.39 is 24.9 Å². The molecule has 0 aliphatic carbocycles. The lowest BCUT2D eigenvalue weighted by atomic mass is 10.2. The summed E-state index contributed by atoms with van der Waals surface area (Å²) in [4.78, 5) is 32.2. The van der Waals surface area contributed by atoms with Gasteiger partial charge in [-0.3, -0.25) is 14.6 Å². The van der Waals surface area contributed by atoms with Gasteiger partial charge in [0.15, 0.2) is 5.65 Å². The molecule has 0 fully saturated rings. The zero-order chi connectivity index (χ0) is 21.7. The molecule has 2 N–H and O–H groups in total. The average molecular weight is 420 g/mol. The molecule has 8 nitrogen and oxygen atoms in total. The topological polar surface area (TPSA) is 101 Å². The standard InChI is InChI=1S/C19H19F3N6O2/c1-12-15(3-2-6-23-12)18(30)25-10-14-11-28-16(27-14)7-13(9-26-28)8-24-17(29)4-5-19(20,21)22/h2-3,6-7,9,11H,4-5,8,10H2,1H3,(H,24,29)(H,25,30). The number of alkyl halides is 3. The van der Waals surface area contributed by atoms with E-state index in [2.05, 4.69) is 25.7 Å². The van der Waals surface area contributed by atoms with Gasteiger partial charge in [-0.05, 0) is 30.7 Å². The Balaban J connectivity index is 1.57. The molecule has 2 amide bonds. The highest BCUT2D eigenvalue weighted by molar-refractivity contribution is 5.95. The van der Waals surface area contributed by atoms with E-state index in [1.54, 1.807) is 37.5 Å². The summed E-state index contributed by atoms with van der Waals surface area (Å²) in [7, 11) is 0. The van der Waals surface area contributed by atoms with Crippen LogP contribution < -0.4 is 10.6 Å². The minimum absolute atomic E-state index is 0.0411. The maximum absolute atomic E-state index is 12.3. The van der Waals surface area contributed by atoms with Crippen LogP contribution in [0.25, 0.3) is 5.65 Å². The largest absolute Gasteiger partial charge is 0.389 e. The second-order valence-electron chi connectivity index (χ2n) is 6.61. The molecule has 158 valence electrons. The number of rotatable bonds is 7. The number of aryl methyl sites for hydroxylation is 1. The molecule has 0 spiro atoms. The van der Waals surface area contributed by atoms with Crippen LogP contribution in [0.2, 0.25) is 0 Å². The van der Waals surface area contributed by atoms with Crippen molar-refractivity contribution < 1.29 is 22.8 Å². The molecular formula is C19H19F3N6O2. The van der Waals surface area contributed by atoms with Gasteiger partial charge in [-0.1, -0.05) is 0 Å². The van der Waals surface area contributed by atoms with Gasteiger partial charge < -0.3 is 10.6 Å². The first-order valence-electron chi connectivity index (χ1n) is 9.08. The second-order valence-corrected chi connectivity index (χ2v) is 6.61. The molecule has 3 aromatic rings. The minimum atomic E-state index is -4.37. The van der Waals surface area contributed by atoms with Gasteiger partial charge in [-0.2, -0.15) is 18.3 Å². The maximum atomic E-state index is 12.3. The van der Waals surface area contributed by atoms with Crippen molar-refractivity contribution in [3.05, 3.63) is 59.3 Å². The first kappa shape index (κ1) is 21.2. The van der Waals surface area contributed by atoms with Gasteiger partial charge in [-0.15, -0.1) is 0 Å². The number of amides is 2. The molecule has 11 heteroatoms. The highest BCUT2D eigenvalue weighted by atomic mass is 19.4. The lowest BCUT2D eigenvalue weighted by Gasteiger charge is -2.07. The summed E-state index contributed by atoms with van der Waals surface area (Å²) in [5, 5.41) is 9.36. The quantitative estimate of drug-likeness (QED) is 0.611. The number of nitrogens with zero attached hydrogens (tertiary/aromatic N) is 4. The Morgan fingerprint density at radius 3 is 2.73 bits per heavy atom. The number of nitrogens with one attached hydrogen (secondary N) is 2. The molecule has 0 aliphatic heterocycles. The molecular weight excluding hydrogens is 401 g/mol. The normalized spacial score (nSPS) is 11.5. The molecule has 0 aromatic carbocycles. The lowest BCUT2D eigenvalue weighted by Crippen LogP contribution is -2.24. The fraction of sp³-hybridized carbons (Fsp3) is 0.316. The number of hydrogen-bond donors (Lipinski definition) is 2. The molecule has 3 aromatic heterocycles. The minimum Gasteiger partial charge on any atom is -0.352 e.